The summed E-state index contributed by atoms with van der Waals surface area (Å²) >= 11 is 0. The Morgan fingerprint density at radius 1 is 1.18 bits per heavy atom. The molecule has 2 rings (SSSR count). The van der Waals surface area contributed by atoms with Gasteiger partial charge in [-0.1, -0.05) is 6.42 Å². The van der Waals surface area contributed by atoms with Crippen molar-refractivity contribution in [3.8, 4) is 0 Å². The molecule has 0 radical (unpaired) electrons. The van der Waals surface area contributed by atoms with Crippen LogP contribution in [-0.2, 0) is 4.79 Å². The molecule has 2 saturated heterocycles. The fourth-order valence-electron chi connectivity index (χ4n) is 3.30. The van der Waals surface area contributed by atoms with Crippen LogP contribution in [0.4, 0.5) is 0 Å². The second-order valence-corrected chi connectivity index (χ2v) is 5.53. The molecule has 0 amide bonds. The first-order valence-corrected chi connectivity index (χ1v) is 6.83. The number of hydrogen-bond donors (Lipinski definition) is 1. The van der Waals surface area contributed by atoms with Crippen LogP contribution >= 0.6 is 0 Å². The summed E-state index contributed by atoms with van der Waals surface area (Å²) in [5.41, 5.74) is 0. The molecule has 2 heterocycles. The van der Waals surface area contributed by atoms with Gasteiger partial charge in [-0.2, -0.15) is 0 Å². The molecular weight excluding hydrogens is 216 g/mol. The van der Waals surface area contributed by atoms with Crippen LogP contribution in [0.2, 0.25) is 0 Å². The molecule has 4 nitrogen and oxygen atoms in total. The molecule has 2 aliphatic rings. The van der Waals surface area contributed by atoms with E-state index in [0.29, 0.717) is 12.1 Å². The SMILES string of the molecule is CN1CCCCC1CC1CCCN1CC(=O)O. The molecule has 4 heteroatoms. The van der Waals surface area contributed by atoms with Crippen molar-refractivity contribution in [3.63, 3.8) is 0 Å². The maximum absolute atomic E-state index is 10.8. The highest BCUT2D eigenvalue weighted by Crippen LogP contribution is 2.26. The lowest BCUT2D eigenvalue weighted by Crippen LogP contribution is -2.42. The maximum Gasteiger partial charge on any atom is 0.317 e. The molecule has 17 heavy (non-hydrogen) atoms. The maximum atomic E-state index is 10.8. The van der Waals surface area contributed by atoms with Crippen LogP contribution in [0.1, 0.15) is 38.5 Å². The molecule has 2 aliphatic heterocycles. The first-order chi connectivity index (χ1) is 8.16. The summed E-state index contributed by atoms with van der Waals surface area (Å²) in [5.74, 6) is -0.686. The summed E-state index contributed by atoms with van der Waals surface area (Å²) in [7, 11) is 2.21. The van der Waals surface area contributed by atoms with Crippen LogP contribution in [0.3, 0.4) is 0 Å². The average molecular weight is 240 g/mol. The summed E-state index contributed by atoms with van der Waals surface area (Å²) in [6, 6.07) is 1.17. The fraction of sp³-hybridized carbons (Fsp3) is 0.923. The highest BCUT2D eigenvalue weighted by Gasteiger charge is 2.30. The molecule has 1 N–H and O–H groups in total. The molecule has 2 atom stereocenters. The lowest BCUT2D eigenvalue weighted by atomic mass is 9.95. The number of aliphatic carboxylic acids is 1. The predicted octanol–water partition coefficient (Wildman–Crippen LogP) is 1.41. The Kier molecular flexibility index (Phi) is 4.40. The van der Waals surface area contributed by atoms with E-state index in [1.807, 2.05) is 0 Å². The Balaban J connectivity index is 1.86. The zero-order valence-corrected chi connectivity index (χ0v) is 10.8. The molecule has 0 saturated carbocycles. The number of carboxylic acids is 1. The molecule has 2 fully saturated rings. The molecule has 2 unspecified atom stereocenters. The Morgan fingerprint density at radius 2 is 1.94 bits per heavy atom. The van der Waals surface area contributed by atoms with Gasteiger partial charge in [-0.15, -0.1) is 0 Å². The van der Waals surface area contributed by atoms with Crippen LogP contribution < -0.4 is 0 Å². The van der Waals surface area contributed by atoms with Gasteiger partial charge in [-0.05, 0) is 52.2 Å². The number of carboxylic acid groups (broad SMARTS) is 1. The van der Waals surface area contributed by atoms with Crippen molar-refractivity contribution in [1.82, 2.24) is 9.80 Å². The van der Waals surface area contributed by atoms with E-state index in [1.54, 1.807) is 0 Å². The van der Waals surface area contributed by atoms with Crippen molar-refractivity contribution in [2.24, 2.45) is 0 Å². The third-order valence-electron chi connectivity index (χ3n) is 4.30. The number of hydrogen-bond acceptors (Lipinski definition) is 3. The molecule has 98 valence electrons. The number of rotatable bonds is 4. The monoisotopic (exact) mass is 240 g/mol. The van der Waals surface area contributed by atoms with E-state index >= 15 is 0 Å². The number of likely N-dealkylation sites (tertiary alicyclic amines) is 2. The highest BCUT2D eigenvalue weighted by molar-refractivity contribution is 5.69. The topological polar surface area (TPSA) is 43.8 Å². The molecule has 0 spiro atoms. The Morgan fingerprint density at radius 3 is 2.65 bits per heavy atom. The second-order valence-electron chi connectivity index (χ2n) is 5.53. The number of nitrogens with zero attached hydrogens (tertiary/aromatic N) is 2. The third kappa shape index (κ3) is 3.42. The molecule has 0 aliphatic carbocycles. The van der Waals surface area contributed by atoms with Crippen molar-refractivity contribution in [1.29, 1.82) is 0 Å². The summed E-state index contributed by atoms with van der Waals surface area (Å²) in [4.78, 5) is 15.4. The van der Waals surface area contributed by atoms with Crippen molar-refractivity contribution in [3.05, 3.63) is 0 Å². The van der Waals surface area contributed by atoms with Gasteiger partial charge in [-0.25, -0.2) is 0 Å². The Labute approximate surface area is 104 Å². The van der Waals surface area contributed by atoms with Crippen molar-refractivity contribution >= 4 is 5.97 Å². The van der Waals surface area contributed by atoms with Crippen LogP contribution in [0, 0.1) is 0 Å². The van der Waals surface area contributed by atoms with E-state index in [0.717, 1.165) is 19.4 Å². The fourth-order valence-corrected chi connectivity index (χ4v) is 3.30. The highest BCUT2D eigenvalue weighted by atomic mass is 16.4. The summed E-state index contributed by atoms with van der Waals surface area (Å²) in [6.07, 6.45) is 7.43. The summed E-state index contributed by atoms with van der Waals surface area (Å²) < 4.78 is 0. The largest absolute Gasteiger partial charge is 0.480 e. The average Bonchev–Trinajstić information content (AvgIpc) is 2.68. The van der Waals surface area contributed by atoms with Gasteiger partial charge < -0.3 is 10.0 Å². The normalized spacial score (nSPS) is 31.8. The predicted molar refractivity (Wildman–Crippen MR) is 67.1 cm³/mol. The lowest BCUT2D eigenvalue weighted by molar-refractivity contribution is -0.138. The lowest BCUT2D eigenvalue weighted by Gasteiger charge is -2.36. The first kappa shape index (κ1) is 12.8. The van der Waals surface area contributed by atoms with E-state index < -0.39 is 5.97 Å². The van der Waals surface area contributed by atoms with E-state index in [4.69, 9.17) is 5.11 Å². The molecular formula is C13H24N2O2. The van der Waals surface area contributed by atoms with Gasteiger partial charge >= 0.3 is 5.97 Å². The van der Waals surface area contributed by atoms with Gasteiger partial charge in [0.2, 0.25) is 0 Å². The van der Waals surface area contributed by atoms with E-state index in [2.05, 4.69) is 16.8 Å². The standard InChI is InChI=1S/C13H24N2O2/c1-14-7-3-2-5-11(14)9-12-6-4-8-15(12)10-13(16)17/h11-12H,2-10H2,1H3,(H,16,17). The zero-order chi connectivity index (χ0) is 12.3. The minimum atomic E-state index is -0.686. The van der Waals surface area contributed by atoms with Crippen molar-refractivity contribution in [2.45, 2.75) is 50.6 Å². The van der Waals surface area contributed by atoms with Gasteiger partial charge in [0.15, 0.2) is 0 Å². The van der Waals surface area contributed by atoms with Crippen LogP contribution in [0.25, 0.3) is 0 Å². The summed E-state index contributed by atoms with van der Waals surface area (Å²) in [6.45, 7) is 2.39. The number of piperidine rings is 1. The van der Waals surface area contributed by atoms with Gasteiger partial charge in [0.25, 0.3) is 0 Å². The minimum absolute atomic E-state index is 0.223. The van der Waals surface area contributed by atoms with Gasteiger partial charge in [0.05, 0.1) is 6.54 Å². The molecule has 0 aromatic carbocycles. The van der Waals surface area contributed by atoms with E-state index in [9.17, 15) is 4.79 Å². The molecule has 0 aromatic rings. The van der Waals surface area contributed by atoms with E-state index in [-0.39, 0.29) is 6.54 Å². The third-order valence-corrected chi connectivity index (χ3v) is 4.30. The zero-order valence-electron chi connectivity index (χ0n) is 10.8. The van der Waals surface area contributed by atoms with Crippen LogP contribution in [-0.4, -0.2) is 59.6 Å². The Hall–Kier alpha value is -0.610. The minimum Gasteiger partial charge on any atom is -0.480 e. The van der Waals surface area contributed by atoms with Crippen molar-refractivity contribution < 1.29 is 9.90 Å². The first-order valence-electron chi connectivity index (χ1n) is 6.83. The molecule has 0 bridgehead atoms. The van der Waals surface area contributed by atoms with Gasteiger partial charge in [0, 0.05) is 12.1 Å². The van der Waals surface area contributed by atoms with Crippen LogP contribution in [0.15, 0.2) is 0 Å². The van der Waals surface area contributed by atoms with Gasteiger partial charge in [0.1, 0.15) is 0 Å². The summed E-state index contributed by atoms with van der Waals surface area (Å²) in [5, 5.41) is 8.90. The van der Waals surface area contributed by atoms with Gasteiger partial charge in [-0.3, -0.25) is 9.69 Å². The molecule has 0 aromatic heterocycles. The van der Waals surface area contributed by atoms with Crippen LogP contribution in [0.5, 0.6) is 0 Å². The smallest absolute Gasteiger partial charge is 0.317 e. The Bertz CT molecular complexity index is 270. The number of carbonyl (C=O) groups is 1. The van der Waals surface area contributed by atoms with Crippen molar-refractivity contribution in [2.75, 3.05) is 26.7 Å². The van der Waals surface area contributed by atoms with E-state index in [1.165, 1.54) is 32.2 Å². The quantitative estimate of drug-likeness (QED) is 0.807. The second kappa shape index (κ2) is 5.83.